The highest BCUT2D eigenvalue weighted by Crippen LogP contribution is 2.48. The normalized spacial score (nSPS) is 24.1. The van der Waals surface area contributed by atoms with E-state index in [-0.39, 0.29) is 11.5 Å². The van der Waals surface area contributed by atoms with Gasteiger partial charge in [-0.15, -0.1) is 0 Å². The highest BCUT2D eigenvalue weighted by molar-refractivity contribution is 5.46. The third-order valence-electron chi connectivity index (χ3n) is 4.17. The van der Waals surface area contributed by atoms with E-state index in [9.17, 15) is 5.26 Å². The zero-order valence-corrected chi connectivity index (χ0v) is 10.6. The first-order valence-electron chi connectivity index (χ1n) is 6.53. The maximum Gasteiger partial charge on any atom is 0.124 e. The van der Waals surface area contributed by atoms with Crippen molar-refractivity contribution in [3.63, 3.8) is 0 Å². The van der Waals surface area contributed by atoms with E-state index in [1.165, 1.54) is 12.8 Å². The maximum absolute atomic E-state index is 9.40. The number of nitriles is 1. The van der Waals surface area contributed by atoms with Crippen LogP contribution in [0.1, 0.15) is 43.6 Å². The van der Waals surface area contributed by atoms with E-state index in [1.807, 2.05) is 18.2 Å². The SMILES string of the molecule is COc1ccc2c(c1)C(C#N)CC1(CCCC1)O2. The molecular weight excluding hydrogens is 226 g/mol. The van der Waals surface area contributed by atoms with Crippen molar-refractivity contribution in [2.45, 2.75) is 43.6 Å². The van der Waals surface area contributed by atoms with Crippen LogP contribution in [0.3, 0.4) is 0 Å². The van der Waals surface area contributed by atoms with Gasteiger partial charge in [0.15, 0.2) is 0 Å². The molecule has 1 atom stereocenters. The summed E-state index contributed by atoms with van der Waals surface area (Å²) in [7, 11) is 1.64. The third kappa shape index (κ3) is 1.73. The lowest BCUT2D eigenvalue weighted by molar-refractivity contribution is 0.0483. The molecule has 0 saturated heterocycles. The van der Waals surface area contributed by atoms with Gasteiger partial charge in [0.05, 0.1) is 19.1 Å². The van der Waals surface area contributed by atoms with Crippen molar-refractivity contribution in [2.24, 2.45) is 0 Å². The van der Waals surface area contributed by atoms with Crippen LogP contribution in [-0.4, -0.2) is 12.7 Å². The number of benzene rings is 1. The summed E-state index contributed by atoms with van der Waals surface area (Å²) in [5, 5.41) is 9.40. The van der Waals surface area contributed by atoms with Gasteiger partial charge >= 0.3 is 0 Å². The van der Waals surface area contributed by atoms with Crippen LogP contribution in [0.15, 0.2) is 18.2 Å². The van der Waals surface area contributed by atoms with Crippen LogP contribution in [-0.2, 0) is 0 Å². The van der Waals surface area contributed by atoms with Crippen molar-refractivity contribution in [1.29, 1.82) is 5.26 Å². The molecule has 1 heterocycles. The van der Waals surface area contributed by atoms with Gasteiger partial charge in [0.25, 0.3) is 0 Å². The Labute approximate surface area is 107 Å². The molecule has 3 heteroatoms. The Morgan fingerprint density at radius 2 is 2.17 bits per heavy atom. The molecule has 1 aliphatic heterocycles. The molecule has 0 radical (unpaired) electrons. The van der Waals surface area contributed by atoms with Gasteiger partial charge in [0, 0.05) is 12.0 Å². The van der Waals surface area contributed by atoms with E-state index >= 15 is 0 Å². The Morgan fingerprint density at radius 1 is 1.39 bits per heavy atom. The summed E-state index contributed by atoms with van der Waals surface area (Å²) < 4.78 is 11.4. The fourth-order valence-corrected chi connectivity index (χ4v) is 3.22. The molecule has 1 aromatic carbocycles. The van der Waals surface area contributed by atoms with Crippen molar-refractivity contribution in [3.05, 3.63) is 23.8 Å². The molecule has 18 heavy (non-hydrogen) atoms. The minimum Gasteiger partial charge on any atom is -0.497 e. The summed E-state index contributed by atoms with van der Waals surface area (Å²) in [6.45, 7) is 0. The Balaban J connectivity index is 2.01. The molecule has 1 aromatic rings. The fourth-order valence-electron chi connectivity index (χ4n) is 3.22. The van der Waals surface area contributed by atoms with Crippen LogP contribution < -0.4 is 9.47 Å². The second-order valence-corrected chi connectivity index (χ2v) is 5.28. The summed E-state index contributed by atoms with van der Waals surface area (Å²) in [6, 6.07) is 8.21. The topological polar surface area (TPSA) is 42.2 Å². The van der Waals surface area contributed by atoms with Crippen molar-refractivity contribution < 1.29 is 9.47 Å². The predicted octanol–water partition coefficient (Wildman–Crippen LogP) is 3.40. The fraction of sp³-hybridized carbons (Fsp3) is 0.533. The minimum absolute atomic E-state index is 0.0676. The number of fused-ring (bicyclic) bond motifs is 1. The molecule has 1 aliphatic carbocycles. The van der Waals surface area contributed by atoms with Crippen molar-refractivity contribution in [2.75, 3.05) is 7.11 Å². The van der Waals surface area contributed by atoms with E-state index in [0.717, 1.165) is 36.3 Å². The molecule has 1 unspecified atom stereocenters. The van der Waals surface area contributed by atoms with Crippen molar-refractivity contribution in [1.82, 2.24) is 0 Å². The third-order valence-corrected chi connectivity index (χ3v) is 4.17. The Morgan fingerprint density at radius 3 is 2.83 bits per heavy atom. The van der Waals surface area contributed by atoms with Crippen LogP contribution in [0, 0.1) is 11.3 Å². The van der Waals surface area contributed by atoms with E-state index < -0.39 is 0 Å². The summed E-state index contributed by atoms with van der Waals surface area (Å²) in [5.41, 5.74) is 0.900. The molecule has 0 bridgehead atoms. The van der Waals surface area contributed by atoms with Crippen LogP contribution >= 0.6 is 0 Å². The van der Waals surface area contributed by atoms with Gasteiger partial charge < -0.3 is 9.47 Å². The van der Waals surface area contributed by atoms with Crippen molar-refractivity contribution >= 4 is 0 Å². The molecule has 0 N–H and O–H groups in total. The molecule has 94 valence electrons. The maximum atomic E-state index is 9.40. The lowest BCUT2D eigenvalue weighted by Crippen LogP contribution is -2.38. The Hall–Kier alpha value is -1.69. The van der Waals surface area contributed by atoms with Crippen LogP contribution in [0.25, 0.3) is 0 Å². The zero-order valence-electron chi connectivity index (χ0n) is 10.6. The second-order valence-electron chi connectivity index (χ2n) is 5.28. The lowest BCUT2D eigenvalue weighted by Gasteiger charge is -2.38. The quantitative estimate of drug-likeness (QED) is 0.759. The van der Waals surface area contributed by atoms with Gasteiger partial charge in [-0.25, -0.2) is 0 Å². The van der Waals surface area contributed by atoms with Gasteiger partial charge in [0.2, 0.25) is 0 Å². The van der Waals surface area contributed by atoms with Crippen LogP contribution in [0.5, 0.6) is 11.5 Å². The summed E-state index contributed by atoms with van der Waals surface area (Å²) in [4.78, 5) is 0. The van der Waals surface area contributed by atoms with E-state index in [2.05, 4.69) is 6.07 Å². The standard InChI is InChI=1S/C15H17NO2/c1-17-12-4-5-14-13(8-12)11(10-16)9-15(18-14)6-2-3-7-15/h4-5,8,11H,2-3,6-7,9H2,1H3. The molecule has 1 spiro atoms. The van der Waals surface area contributed by atoms with E-state index in [0.29, 0.717) is 0 Å². The molecule has 3 nitrogen and oxygen atoms in total. The zero-order chi connectivity index (χ0) is 12.6. The average Bonchev–Trinajstić information content (AvgIpc) is 2.85. The Kier molecular flexibility index (Phi) is 2.66. The second kappa shape index (κ2) is 4.20. The Bertz CT molecular complexity index is 498. The molecule has 1 fully saturated rings. The smallest absolute Gasteiger partial charge is 0.124 e. The number of methoxy groups -OCH3 is 1. The first kappa shape index (κ1) is 11.4. The number of hydrogen-bond donors (Lipinski definition) is 0. The van der Waals surface area contributed by atoms with Crippen LogP contribution in [0.4, 0.5) is 0 Å². The van der Waals surface area contributed by atoms with Gasteiger partial charge in [-0.1, -0.05) is 0 Å². The van der Waals surface area contributed by atoms with Crippen LogP contribution in [0.2, 0.25) is 0 Å². The highest BCUT2D eigenvalue weighted by atomic mass is 16.5. The first-order valence-corrected chi connectivity index (χ1v) is 6.53. The number of hydrogen-bond acceptors (Lipinski definition) is 3. The average molecular weight is 243 g/mol. The molecule has 2 aliphatic rings. The first-order chi connectivity index (χ1) is 8.76. The van der Waals surface area contributed by atoms with Gasteiger partial charge in [-0.3, -0.25) is 0 Å². The number of rotatable bonds is 1. The molecule has 3 rings (SSSR count). The number of ether oxygens (including phenoxy) is 2. The predicted molar refractivity (Wildman–Crippen MR) is 67.8 cm³/mol. The molecule has 1 saturated carbocycles. The molecule has 0 amide bonds. The van der Waals surface area contributed by atoms with E-state index in [4.69, 9.17) is 9.47 Å². The molecular formula is C15H17NO2. The van der Waals surface area contributed by atoms with Gasteiger partial charge in [0.1, 0.15) is 17.1 Å². The monoisotopic (exact) mass is 243 g/mol. The van der Waals surface area contributed by atoms with E-state index in [1.54, 1.807) is 7.11 Å². The minimum atomic E-state index is -0.0814. The summed E-state index contributed by atoms with van der Waals surface area (Å²) in [5.74, 6) is 1.59. The molecule has 0 aromatic heterocycles. The summed E-state index contributed by atoms with van der Waals surface area (Å²) in [6.07, 6.45) is 5.41. The van der Waals surface area contributed by atoms with Gasteiger partial charge in [-0.05, 0) is 43.9 Å². The number of nitrogens with zero attached hydrogens (tertiary/aromatic N) is 1. The largest absolute Gasteiger partial charge is 0.497 e. The summed E-state index contributed by atoms with van der Waals surface area (Å²) >= 11 is 0. The highest BCUT2D eigenvalue weighted by Gasteiger charge is 2.43. The van der Waals surface area contributed by atoms with Gasteiger partial charge in [-0.2, -0.15) is 5.26 Å². The van der Waals surface area contributed by atoms with Crippen molar-refractivity contribution in [3.8, 4) is 17.6 Å². The lowest BCUT2D eigenvalue weighted by atomic mass is 9.82.